The average molecular weight is 319 g/mol. The summed E-state index contributed by atoms with van der Waals surface area (Å²) < 4.78 is 5.46. The highest BCUT2D eigenvalue weighted by Gasteiger charge is 2.10. The first-order chi connectivity index (χ1) is 11.8. The van der Waals surface area contributed by atoms with Gasteiger partial charge in [-0.25, -0.2) is 5.43 Å². The Balaban J connectivity index is 1.78. The standard InChI is InChI=1S/C19H17N3O2/c1-2-24-17-11-4-3-10-16(17)19(23)22-21-13-15-8-5-7-14-9-6-12-20-18(14)15/h3-13H,2H2,1H3,(H,22,23). The topological polar surface area (TPSA) is 63.6 Å². The molecule has 3 rings (SSSR count). The van der Waals surface area contributed by atoms with E-state index in [-0.39, 0.29) is 5.91 Å². The molecule has 2 aromatic carbocycles. The lowest BCUT2D eigenvalue weighted by molar-refractivity contribution is 0.0951. The first-order valence-corrected chi connectivity index (χ1v) is 7.68. The van der Waals surface area contributed by atoms with E-state index in [0.717, 1.165) is 16.5 Å². The van der Waals surface area contributed by atoms with Crippen LogP contribution in [0.25, 0.3) is 10.9 Å². The number of carbonyl (C=O) groups is 1. The summed E-state index contributed by atoms with van der Waals surface area (Å²) in [5.41, 5.74) is 4.66. The van der Waals surface area contributed by atoms with Gasteiger partial charge >= 0.3 is 0 Å². The van der Waals surface area contributed by atoms with Gasteiger partial charge in [0.1, 0.15) is 5.75 Å². The zero-order valence-corrected chi connectivity index (χ0v) is 13.3. The van der Waals surface area contributed by atoms with Crippen LogP contribution >= 0.6 is 0 Å². The molecule has 0 atom stereocenters. The molecule has 0 bridgehead atoms. The smallest absolute Gasteiger partial charge is 0.275 e. The number of carbonyl (C=O) groups excluding carboxylic acids is 1. The second-order valence-electron chi connectivity index (χ2n) is 5.05. The number of hydrogen-bond donors (Lipinski definition) is 1. The van der Waals surface area contributed by atoms with E-state index >= 15 is 0 Å². The van der Waals surface area contributed by atoms with Crippen molar-refractivity contribution in [3.63, 3.8) is 0 Å². The zero-order valence-electron chi connectivity index (χ0n) is 13.3. The molecule has 5 heteroatoms. The summed E-state index contributed by atoms with van der Waals surface area (Å²) in [6, 6.07) is 16.8. The molecular weight excluding hydrogens is 302 g/mol. The SMILES string of the molecule is CCOc1ccccc1C(=O)NN=Cc1cccc2cccnc12. The lowest BCUT2D eigenvalue weighted by Gasteiger charge is -2.08. The van der Waals surface area contributed by atoms with Crippen LogP contribution in [0.1, 0.15) is 22.8 Å². The van der Waals surface area contributed by atoms with Crippen LogP contribution in [0.2, 0.25) is 0 Å². The Morgan fingerprint density at radius 3 is 2.88 bits per heavy atom. The predicted molar refractivity (Wildman–Crippen MR) is 94.4 cm³/mol. The third kappa shape index (κ3) is 3.41. The van der Waals surface area contributed by atoms with Gasteiger partial charge in [-0.2, -0.15) is 5.10 Å². The van der Waals surface area contributed by atoms with Crippen LogP contribution in [0.5, 0.6) is 5.75 Å². The van der Waals surface area contributed by atoms with Crippen LogP contribution in [-0.4, -0.2) is 23.7 Å². The number of nitrogens with zero attached hydrogens (tertiary/aromatic N) is 2. The van der Waals surface area contributed by atoms with E-state index in [2.05, 4.69) is 15.5 Å². The Morgan fingerprint density at radius 1 is 1.17 bits per heavy atom. The van der Waals surface area contributed by atoms with Crippen LogP contribution in [0.3, 0.4) is 0 Å². The van der Waals surface area contributed by atoms with Gasteiger partial charge in [-0.05, 0) is 25.1 Å². The Kier molecular flexibility index (Phi) is 4.81. The number of pyridine rings is 1. The van der Waals surface area contributed by atoms with E-state index in [1.165, 1.54) is 0 Å². The van der Waals surface area contributed by atoms with Crippen LogP contribution in [0.15, 0.2) is 65.9 Å². The van der Waals surface area contributed by atoms with Gasteiger partial charge in [-0.15, -0.1) is 0 Å². The molecule has 0 radical (unpaired) electrons. The van der Waals surface area contributed by atoms with E-state index in [9.17, 15) is 4.79 Å². The number of amides is 1. The fourth-order valence-electron chi connectivity index (χ4n) is 2.39. The molecule has 0 aliphatic heterocycles. The summed E-state index contributed by atoms with van der Waals surface area (Å²) in [5, 5.41) is 5.07. The number of hydrazone groups is 1. The average Bonchev–Trinajstić information content (AvgIpc) is 2.62. The molecular formula is C19H17N3O2. The van der Waals surface area contributed by atoms with Crippen molar-refractivity contribution in [3.05, 3.63) is 71.9 Å². The maximum absolute atomic E-state index is 12.3. The Labute approximate surface area is 140 Å². The number of benzene rings is 2. The summed E-state index contributed by atoms with van der Waals surface area (Å²) in [7, 11) is 0. The Morgan fingerprint density at radius 2 is 2.00 bits per heavy atom. The lowest BCUT2D eigenvalue weighted by atomic mass is 10.1. The van der Waals surface area contributed by atoms with Crippen molar-refractivity contribution in [2.75, 3.05) is 6.61 Å². The molecule has 0 saturated carbocycles. The molecule has 0 unspecified atom stereocenters. The number of ether oxygens (including phenoxy) is 1. The van der Waals surface area contributed by atoms with Crippen LogP contribution in [-0.2, 0) is 0 Å². The van der Waals surface area contributed by atoms with E-state index in [0.29, 0.717) is 17.9 Å². The summed E-state index contributed by atoms with van der Waals surface area (Å²) in [5.74, 6) is 0.225. The predicted octanol–water partition coefficient (Wildman–Crippen LogP) is 3.40. The summed E-state index contributed by atoms with van der Waals surface area (Å²) in [4.78, 5) is 16.6. The van der Waals surface area contributed by atoms with E-state index < -0.39 is 0 Å². The number of para-hydroxylation sites is 2. The molecule has 0 spiro atoms. The maximum atomic E-state index is 12.3. The van der Waals surface area contributed by atoms with Gasteiger partial charge in [0.05, 0.1) is 23.9 Å². The van der Waals surface area contributed by atoms with E-state index in [1.54, 1.807) is 30.6 Å². The van der Waals surface area contributed by atoms with E-state index in [4.69, 9.17) is 4.74 Å². The number of rotatable bonds is 5. The molecule has 3 aromatic rings. The number of aromatic nitrogens is 1. The van der Waals surface area contributed by atoms with Gasteiger partial charge < -0.3 is 4.74 Å². The summed E-state index contributed by atoms with van der Waals surface area (Å²) >= 11 is 0. The molecule has 5 nitrogen and oxygen atoms in total. The maximum Gasteiger partial charge on any atom is 0.275 e. The number of fused-ring (bicyclic) bond motifs is 1. The van der Waals surface area contributed by atoms with Crippen LogP contribution < -0.4 is 10.2 Å². The fraction of sp³-hybridized carbons (Fsp3) is 0.105. The largest absolute Gasteiger partial charge is 0.493 e. The molecule has 120 valence electrons. The number of nitrogens with one attached hydrogen (secondary N) is 1. The second-order valence-corrected chi connectivity index (χ2v) is 5.05. The van der Waals surface area contributed by atoms with Crippen molar-refractivity contribution in [2.45, 2.75) is 6.92 Å². The van der Waals surface area contributed by atoms with E-state index in [1.807, 2.05) is 43.3 Å². The molecule has 0 aliphatic carbocycles. The zero-order chi connectivity index (χ0) is 16.8. The van der Waals surface area contributed by atoms with Crippen LogP contribution in [0, 0.1) is 0 Å². The summed E-state index contributed by atoms with van der Waals surface area (Å²) in [6.07, 6.45) is 3.33. The molecule has 1 heterocycles. The molecule has 0 aliphatic rings. The van der Waals surface area contributed by atoms with Crippen molar-refractivity contribution in [1.82, 2.24) is 10.4 Å². The highest BCUT2D eigenvalue weighted by Crippen LogP contribution is 2.18. The van der Waals surface area contributed by atoms with Crippen molar-refractivity contribution < 1.29 is 9.53 Å². The minimum atomic E-state index is -0.316. The lowest BCUT2D eigenvalue weighted by Crippen LogP contribution is -2.18. The third-order valence-corrected chi connectivity index (χ3v) is 3.47. The monoisotopic (exact) mass is 319 g/mol. The fourth-order valence-corrected chi connectivity index (χ4v) is 2.39. The van der Waals surface area contributed by atoms with Gasteiger partial charge in [0.15, 0.2) is 0 Å². The van der Waals surface area contributed by atoms with Gasteiger partial charge in [-0.1, -0.05) is 36.4 Å². The Bertz CT molecular complexity index is 885. The second kappa shape index (κ2) is 7.37. The van der Waals surface area contributed by atoms with Gasteiger partial charge in [-0.3, -0.25) is 9.78 Å². The molecule has 0 saturated heterocycles. The Hall–Kier alpha value is -3.21. The van der Waals surface area contributed by atoms with Crippen molar-refractivity contribution in [2.24, 2.45) is 5.10 Å². The quantitative estimate of drug-likeness (QED) is 0.579. The summed E-state index contributed by atoms with van der Waals surface area (Å²) in [6.45, 7) is 2.37. The minimum Gasteiger partial charge on any atom is -0.493 e. The highest BCUT2D eigenvalue weighted by atomic mass is 16.5. The first kappa shape index (κ1) is 15.7. The van der Waals surface area contributed by atoms with Crippen molar-refractivity contribution in [1.29, 1.82) is 0 Å². The van der Waals surface area contributed by atoms with Crippen molar-refractivity contribution >= 4 is 23.0 Å². The normalized spacial score (nSPS) is 10.9. The first-order valence-electron chi connectivity index (χ1n) is 7.68. The third-order valence-electron chi connectivity index (χ3n) is 3.47. The molecule has 1 amide bonds. The molecule has 24 heavy (non-hydrogen) atoms. The molecule has 1 aromatic heterocycles. The molecule has 0 fully saturated rings. The van der Waals surface area contributed by atoms with Gasteiger partial charge in [0.25, 0.3) is 5.91 Å². The minimum absolute atomic E-state index is 0.316. The van der Waals surface area contributed by atoms with Gasteiger partial charge in [0, 0.05) is 17.1 Å². The molecule has 1 N–H and O–H groups in total. The van der Waals surface area contributed by atoms with Crippen LogP contribution in [0.4, 0.5) is 0 Å². The van der Waals surface area contributed by atoms with Gasteiger partial charge in [0.2, 0.25) is 0 Å². The highest BCUT2D eigenvalue weighted by molar-refractivity contribution is 5.99. The number of hydrogen-bond acceptors (Lipinski definition) is 4. The van der Waals surface area contributed by atoms with Crippen molar-refractivity contribution in [3.8, 4) is 5.75 Å².